The summed E-state index contributed by atoms with van der Waals surface area (Å²) in [6, 6.07) is 10.1. The van der Waals surface area contributed by atoms with Crippen LogP contribution in [-0.4, -0.2) is 23.3 Å². The Morgan fingerprint density at radius 1 is 0.962 bits per heavy atom. The zero-order valence-corrected chi connectivity index (χ0v) is 16.3. The molecule has 2 aromatic carbocycles. The van der Waals surface area contributed by atoms with Crippen LogP contribution in [0.5, 0.6) is 0 Å². The van der Waals surface area contributed by atoms with Crippen LogP contribution >= 0.6 is 34.8 Å². The molecule has 1 aliphatic heterocycles. The number of nitrogens with one attached hydrogen (secondary N) is 1. The van der Waals surface area contributed by atoms with Crippen LogP contribution in [0.2, 0.25) is 15.1 Å². The summed E-state index contributed by atoms with van der Waals surface area (Å²) < 4.78 is 0. The number of aryl methyl sites for hydroxylation is 1. The van der Waals surface area contributed by atoms with E-state index < -0.39 is 11.8 Å². The van der Waals surface area contributed by atoms with E-state index in [0.717, 1.165) is 5.56 Å². The molecule has 1 N–H and O–H groups in total. The highest BCUT2D eigenvalue weighted by Crippen LogP contribution is 2.35. The van der Waals surface area contributed by atoms with E-state index in [1.54, 1.807) is 43.3 Å². The number of amides is 2. The van der Waals surface area contributed by atoms with Gasteiger partial charge in [0.15, 0.2) is 0 Å². The summed E-state index contributed by atoms with van der Waals surface area (Å²) in [6.07, 6.45) is 0. The second-order valence-corrected chi connectivity index (χ2v) is 7.09. The van der Waals surface area contributed by atoms with Gasteiger partial charge in [-0.25, -0.2) is 0 Å². The number of benzene rings is 2. The minimum atomic E-state index is -0.395. The van der Waals surface area contributed by atoms with Crippen LogP contribution in [0.3, 0.4) is 0 Å². The first kappa shape index (κ1) is 18.8. The van der Waals surface area contributed by atoms with Crippen molar-refractivity contribution in [1.29, 1.82) is 0 Å². The van der Waals surface area contributed by atoms with E-state index in [0.29, 0.717) is 26.3 Å². The highest BCUT2D eigenvalue weighted by Gasteiger charge is 2.39. The van der Waals surface area contributed by atoms with E-state index in [4.69, 9.17) is 34.8 Å². The minimum Gasteiger partial charge on any atom is -0.350 e. The summed E-state index contributed by atoms with van der Waals surface area (Å²) in [6.45, 7) is 3.87. The predicted molar refractivity (Wildman–Crippen MR) is 106 cm³/mol. The van der Waals surface area contributed by atoms with E-state index in [-0.39, 0.29) is 17.8 Å². The Morgan fingerprint density at radius 2 is 1.62 bits per heavy atom. The maximum atomic E-state index is 12.8. The third-order valence-electron chi connectivity index (χ3n) is 4.13. The number of hydrogen-bond acceptors (Lipinski definition) is 3. The Morgan fingerprint density at radius 3 is 2.23 bits per heavy atom. The number of anilines is 1. The molecule has 26 heavy (non-hydrogen) atoms. The largest absolute Gasteiger partial charge is 0.350 e. The molecule has 1 heterocycles. The van der Waals surface area contributed by atoms with Gasteiger partial charge >= 0.3 is 0 Å². The van der Waals surface area contributed by atoms with Crippen molar-refractivity contribution < 1.29 is 9.59 Å². The van der Waals surface area contributed by atoms with Crippen molar-refractivity contribution in [2.45, 2.75) is 13.8 Å². The van der Waals surface area contributed by atoms with Crippen LogP contribution in [0, 0.1) is 6.92 Å². The lowest BCUT2D eigenvalue weighted by Crippen LogP contribution is -2.32. The standard InChI is InChI=1S/C19H15Cl3N2O2/c1-3-24-18(25)16(13-6-4-12(21)9-14(13)22)17(19(24)26)23-15-7-5-11(20)8-10(15)2/h4-9,23H,3H2,1-2H3. The van der Waals surface area contributed by atoms with Gasteiger partial charge in [-0.2, -0.15) is 0 Å². The zero-order chi connectivity index (χ0) is 19.0. The molecule has 0 spiro atoms. The second kappa shape index (κ2) is 7.31. The van der Waals surface area contributed by atoms with Gasteiger partial charge < -0.3 is 5.32 Å². The van der Waals surface area contributed by atoms with Gasteiger partial charge in [0, 0.05) is 27.8 Å². The van der Waals surface area contributed by atoms with Gasteiger partial charge in [-0.05, 0) is 49.7 Å². The molecule has 0 bridgehead atoms. The topological polar surface area (TPSA) is 49.4 Å². The lowest BCUT2D eigenvalue weighted by Gasteiger charge is -2.13. The number of imide groups is 1. The molecule has 7 heteroatoms. The van der Waals surface area contributed by atoms with Gasteiger partial charge in [-0.1, -0.05) is 40.9 Å². The third kappa shape index (κ3) is 3.32. The highest BCUT2D eigenvalue weighted by molar-refractivity contribution is 6.41. The molecule has 0 saturated carbocycles. The molecule has 2 amide bonds. The van der Waals surface area contributed by atoms with Gasteiger partial charge in [0.05, 0.1) is 10.6 Å². The lowest BCUT2D eigenvalue weighted by molar-refractivity contribution is -0.136. The molecule has 0 atom stereocenters. The summed E-state index contributed by atoms with van der Waals surface area (Å²) in [5.74, 6) is -0.788. The van der Waals surface area contributed by atoms with Crippen LogP contribution < -0.4 is 5.32 Å². The van der Waals surface area contributed by atoms with Crippen molar-refractivity contribution in [1.82, 2.24) is 4.90 Å². The molecular weight excluding hydrogens is 395 g/mol. The molecule has 0 saturated heterocycles. The van der Waals surface area contributed by atoms with Gasteiger partial charge in [-0.15, -0.1) is 0 Å². The number of rotatable bonds is 4. The number of likely N-dealkylation sites (N-methyl/N-ethyl adjacent to an activating group) is 1. The van der Waals surface area contributed by atoms with Crippen LogP contribution in [0.15, 0.2) is 42.1 Å². The number of halogens is 3. The molecule has 0 radical (unpaired) electrons. The van der Waals surface area contributed by atoms with E-state index in [9.17, 15) is 9.59 Å². The first-order valence-corrected chi connectivity index (χ1v) is 9.06. The van der Waals surface area contributed by atoms with Gasteiger partial charge in [-0.3, -0.25) is 14.5 Å². The summed E-state index contributed by atoms with van der Waals surface area (Å²) in [5, 5.41) is 4.43. The number of nitrogens with zero attached hydrogens (tertiary/aromatic N) is 1. The average molecular weight is 410 g/mol. The lowest BCUT2D eigenvalue weighted by atomic mass is 10.0. The molecule has 0 aromatic heterocycles. The van der Waals surface area contributed by atoms with Crippen LogP contribution in [0.1, 0.15) is 18.1 Å². The fourth-order valence-electron chi connectivity index (χ4n) is 2.82. The van der Waals surface area contributed by atoms with E-state index >= 15 is 0 Å². The van der Waals surface area contributed by atoms with Gasteiger partial charge in [0.2, 0.25) is 0 Å². The van der Waals surface area contributed by atoms with Crippen molar-refractivity contribution in [3.63, 3.8) is 0 Å². The Labute approximate surface area is 166 Å². The zero-order valence-electron chi connectivity index (χ0n) is 14.1. The number of carbonyl (C=O) groups is 2. The third-order valence-corrected chi connectivity index (χ3v) is 4.92. The second-order valence-electron chi connectivity index (χ2n) is 5.81. The molecule has 0 fully saturated rings. The van der Waals surface area contributed by atoms with Crippen molar-refractivity contribution in [3.05, 3.63) is 68.3 Å². The summed E-state index contributed by atoms with van der Waals surface area (Å²) in [7, 11) is 0. The smallest absolute Gasteiger partial charge is 0.278 e. The monoisotopic (exact) mass is 408 g/mol. The molecule has 2 aromatic rings. The molecule has 0 aliphatic carbocycles. The van der Waals surface area contributed by atoms with E-state index in [2.05, 4.69) is 5.32 Å². The maximum absolute atomic E-state index is 12.8. The normalized spacial score (nSPS) is 14.4. The molecule has 3 rings (SSSR count). The molecule has 1 aliphatic rings. The Hall–Kier alpha value is -2.01. The quantitative estimate of drug-likeness (QED) is 0.709. The summed E-state index contributed by atoms with van der Waals surface area (Å²) >= 11 is 18.2. The van der Waals surface area contributed by atoms with Gasteiger partial charge in [0.25, 0.3) is 11.8 Å². The molecule has 134 valence electrons. The molecular formula is C19H15Cl3N2O2. The molecule has 0 unspecified atom stereocenters. The van der Waals surface area contributed by atoms with Crippen molar-refractivity contribution in [2.24, 2.45) is 0 Å². The van der Waals surface area contributed by atoms with Crippen molar-refractivity contribution >= 4 is 57.9 Å². The fraction of sp³-hybridized carbons (Fsp3) is 0.158. The average Bonchev–Trinajstić information content (AvgIpc) is 2.80. The van der Waals surface area contributed by atoms with Crippen molar-refractivity contribution in [3.8, 4) is 0 Å². The van der Waals surface area contributed by atoms with Crippen LogP contribution in [0.4, 0.5) is 5.69 Å². The number of hydrogen-bond donors (Lipinski definition) is 1. The first-order valence-electron chi connectivity index (χ1n) is 7.92. The first-order chi connectivity index (χ1) is 12.3. The Kier molecular flexibility index (Phi) is 5.28. The molecule has 4 nitrogen and oxygen atoms in total. The summed E-state index contributed by atoms with van der Waals surface area (Å²) in [5.41, 5.74) is 2.41. The van der Waals surface area contributed by atoms with E-state index in [1.165, 1.54) is 4.90 Å². The Bertz CT molecular complexity index is 954. The predicted octanol–water partition coefficient (Wildman–Crippen LogP) is 5.17. The van der Waals surface area contributed by atoms with Crippen molar-refractivity contribution in [2.75, 3.05) is 11.9 Å². The number of carbonyl (C=O) groups excluding carboxylic acids is 2. The Balaban J connectivity index is 2.15. The van der Waals surface area contributed by atoms with Crippen LogP contribution in [-0.2, 0) is 9.59 Å². The minimum absolute atomic E-state index is 0.187. The van der Waals surface area contributed by atoms with Gasteiger partial charge in [0.1, 0.15) is 5.70 Å². The van der Waals surface area contributed by atoms with Crippen LogP contribution in [0.25, 0.3) is 5.57 Å². The highest BCUT2D eigenvalue weighted by atomic mass is 35.5. The fourth-order valence-corrected chi connectivity index (χ4v) is 3.55. The SMILES string of the molecule is CCN1C(=O)C(Nc2ccc(Cl)cc2C)=C(c2ccc(Cl)cc2Cl)C1=O. The maximum Gasteiger partial charge on any atom is 0.278 e. The summed E-state index contributed by atoms with van der Waals surface area (Å²) in [4.78, 5) is 26.8. The van der Waals surface area contributed by atoms with E-state index in [1.807, 2.05) is 6.92 Å².